The second kappa shape index (κ2) is 3.03. The standard InChI is InChI=1S/C10H9N/c1-8-3-5-10(6-4-8)9(2)7-11/h3-6H,2H2,1H3. The van der Waals surface area contributed by atoms with Gasteiger partial charge in [0.2, 0.25) is 0 Å². The molecule has 0 bridgehead atoms. The average molecular weight is 143 g/mol. The van der Waals surface area contributed by atoms with E-state index in [1.165, 1.54) is 5.56 Å². The number of hydrogen-bond donors (Lipinski definition) is 0. The van der Waals surface area contributed by atoms with Gasteiger partial charge in [0.05, 0.1) is 11.6 Å². The minimum Gasteiger partial charge on any atom is -0.192 e. The maximum atomic E-state index is 8.51. The van der Waals surface area contributed by atoms with E-state index in [-0.39, 0.29) is 0 Å². The third kappa shape index (κ3) is 1.68. The molecule has 1 aromatic carbocycles. The second-order valence-electron chi connectivity index (χ2n) is 2.46. The van der Waals surface area contributed by atoms with Crippen LogP contribution in [0.3, 0.4) is 0 Å². The molecular formula is C10H9N. The van der Waals surface area contributed by atoms with Crippen LogP contribution in [0, 0.1) is 18.3 Å². The Morgan fingerprint density at radius 3 is 2.36 bits per heavy atom. The summed E-state index contributed by atoms with van der Waals surface area (Å²) in [6.45, 7) is 5.62. The summed E-state index contributed by atoms with van der Waals surface area (Å²) >= 11 is 0. The van der Waals surface area contributed by atoms with Crippen LogP contribution >= 0.6 is 0 Å². The van der Waals surface area contributed by atoms with Crippen LogP contribution in [0.2, 0.25) is 0 Å². The van der Waals surface area contributed by atoms with Crippen molar-refractivity contribution in [1.29, 1.82) is 5.26 Å². The third-order valence-corrected chi connectivity index (χ3v) is 1.53. The van der Waals surface area contributed by atoms with E-state index in [9.17, 15) is 0 Å². The van der Waals surface area contributed by atoms with E-state index < -0.39 is 0 Å². The van der Waals surface area contributed by atoms with Gasteiger partial charge in [-0.1, -0.05) is 36.4 Å². The molecule has 1 nitrogen and oxygen atoms in total. The topological polar surface area (TPSA) is 23.8 Å². The fourth-order valence-corrected chi connectivity index (χ4v) is 0.819. The first-order valence-electron chi connectivity index (χ1n) is 3.40. The maximum absolute atomic E-state index is 8.51. The number of rotatable bonds is 1. The van der Waals surface area contributed by atoms with Crippen LogP contribution in [0.15, 0.2) is 30.8 Å². The van der Waals surface area contributed by atoms with Crippen LogP contribution in [0.4, 0.5) is 0 Å². The molecule has 1 rings (SSSR count). The normalized spacial score (nSPS) is 8.73. The van der Waals surface area contributed by atoms with E-state index in [2.05, 4.69) is 6.58 Å². The lowest BCUT2D eigenvalue weighted by Crippen LogP contribution is -1.78. The highest BCUT2D eigenvalue weighted by molar-refractivity contribution is 5.74. The van der Waals surface area contributed by atoms with Crippen LogP contribution in [0.1, 0.15) is 11.1 Å². The highest BCUT2D eigenvalue weighted by atomic mass is 14.2. The number of nitrogens with zero attached hydrogens (tertiary/aromatic N) is 1. The minimum atomic E-state index is 0.519. The number of allylic oxidation sites excluding steroid dienone is 1. The molecule has 0 saturated heterocycles. The molecule has 0 aromatic heterocycles. The van der Waals surface area contributed by atoms with Gasteiger partial charge in [-0.2, -0.15) is 5.26 Å². The van der Waals surface area contributed by atoms with Gasteiger partial charge in [-0.25, -0.2) is 0 Å². The number of nitriles is 1. The van der Waals surface area contributed by atoms with Gasteiger partial charge < -0.3 is 0 Å². The predicted molar refractivity (Wildman–Crippen MR) is 45.8 cm³/mol. The van der Waals surface area contributed by atoms with Crippen molar-refractivity contribution in [3.63, 3.8) is 0 Å². The van der Waals surface area contributed by atoms with Gasteiger partial charge >= 0.3 is 0 Å². The van der Waals surface area contributed by atoms with Gasteiger partial charge in [-0.15, -0.1) is 0 Å². The molecule has 11 heavy (non-hydrogen) atoms. The van der Waals surface area contributed by atoms with Gasteiger partial charge in [0.1, 0.15) is 0 Å². The molecule has 0 radical (unpaired) electrons. The predicted octanol–water partition coefficient (Wildman–Crippen LogP) is 2.53. The minimum absolute atomic E-state index is 0.519. The molecule has 0 fully saturated rings. The second-order valence-corrected chi connectivity index (χ2v) is 2.46. The van der Waals surface area contributed by atoms with Crippen molar-refractivity contribution in [3.8, 4) is 6.07 Å². The first kappa shape index (κ1) is 7.56. The quantitative estimate of drug-likeness (QED) is 0.554. The Kier molecular flexibility index (Phi) is 2.08. The molecule has 0 amide bonds. The summed E-state index contributed by atoms with van der Waals surface area (Å²) in [7, 11) is 0. The molecular weight excluding hydrogens is 134 g/mol. The van der Waals surface area contributed by atoms with Gasteiger partial charge in [0, 0.05) is 0 Å². The fourth-order valence-electron chi connectivity index (χ4n) is 0.819. The lowest BCUT2D eigenvalue weighted by Gasteiger charge is -1.96. The Balaban J connectivity index is 3.01. The van der Waals surface area contributed by atoms with Gasteiger partial charge in [0.25, 0.3) is 0 Å². The zero-order valence-corrected chi connectivity index (χ0v) is 6.46. The van der Waals surface area contributed by atoms with Crippen molar-refractivity contribution in [2.45, 2.75) is 6.92 Å². The van der Waals surface area contributed by atoms with E-state index in [0.29, 0.717) is 5.57 Å². The van der Waals surface area contributed by atoms with Crippen molar-refractivity contribution in [2.75, 3.05) is 0 Å². The largest absolute Gasteiger partial charge is 0.192 e. The van der Waals surface area contributed by atoms with Crippen molar-refractivity contribution >= 4 is 5.57 Å². The molecule has 0 saturated carbocycles. The van der Waals surface area contributed by atoms with Crippen molar-refractivity contribution in [3.05, 3.63) is 42.0 Å². The fraction of sp³-hybridized carbons (Fsp3) is 0.100. The lowest BCUT2D eigenvalue weighted by atomic mass is 10.1. The summed E-state index contributed by atoms with van der Waals surface area (Å²) in [5, 5.41) is 8.51. The van der Waals surface area contributed by atoms with Crippen LogP contribution in [-0.4, -0.2) is 0 Å². The Hall–Kier alpha value is -1.55. The molecule has 1 aromatic rings. The Bertz CT molecular complexity index is 301. The number of aryl methyl sites for hydroxylation is 1. The van der Waals surface area contributed by atoms with Gasteiger partial charge in [0.15, 0.2) is 0 Å². The average Bonchev–Trinajstić information content (AvgIpc) is 2.05. The summed E-state index contributed by atoms with van der Waals surface area (Å²) in [6.07, 6.45) is 0. The Morgan fingerprint density at radius 2 is 1.91 bits per heavy atom. The van der Waals surface area contributed by atoms with E-state index >= 15 is 0 Å². The maximum Gasteiger partial charge on any atom is 0.0991 e. The summed E-state index contributed by atoms with van der Waals surface area (Å²) in [6, 6.07) is 9.75. The molecule has 1 heteroatoms. The summed E-state index contributed by atoms with van der Waals surface area (Å²) < 4.78 is 0. The van der Waals surface area contributed by atoms with Crippen molar-refractivity contribution in [1.82, 2.24) is 0 Å². The van der Waals surface area contributed by atoms with E-state index in [4.69, 9.17) is 5.26 Å². The van der Waals surface area contributed by atoms with Gasteiger partial charge in [-0.3, -0.25) is 0 Å². The zero-order valence-electron chi connectivity index (χ0n) is 6.46. The zero-order chi connectivity index (χ0) is 8.27. The van der Waals surface area contributed by atoms with E-state index in [0.717, 1.165) is 5.56 Å². The number of hydrogen-bond acceptors (Lipinski definition) is 1. The van der Waals surface area contributed by atoms with E-state index in [1.54, 1.807) is 0 Å². The third-order valence-electron chi connectivity index (χ3n) is 1.53. The molecule has 0 aliphatic carbocycles. The summed E-state index contributed by atoms with van der Waals surface area (Å²) in [5.41, 5.74) is 2.61. The summed E-state index contributed by atoms with van der Waals surface area (Å²) in [5.74, 6) is 0. The summed E-state index contributed by atoms with van der Waals surface area (Å²) in [4.78, 5) is 0. The molecule has 0 aliphatic rings. The molecule has 0 heterocycles. The first-order valence-corrected chi connectivity index (χ1v) is 3.40. The van der Waals surface area contributed by atoms with Crippen LogP contribution in [-0.2, 0) is 0 Å². The SMILES string of the molecule is C=C(C#N)c1ccc(C)cc1. The first-order chi connectivity index (χ1) is 5.24. The molecule has 54 valence electrons. The molecule has 0 atom stereocenters. The van der Waals surface area contributed by atoms with E-state index in [1.807, 2.05) is 37.3 Å². The monoisotopic (exact) mass is 143 g/mol. The van der Waals surface area contributed by atoms with Crippen LogP contribution < -0.4 is 0 Å². The molecule has 0 spiro atoms. The molecule has 0 aliphatic heterocycles. The lowest BCUT2D eigenvalue weighted by molar-refractivity contribution is 1.45. The smallest absolute Gasteiger partial charge is 0.0991 e. The Labute approximate surface area is 66.6 Å². The highest BCUT2D eigenvalue weighted by Crippen LogP contribution is 2.11. The molecule has 0 N–H and O–H groups in total. The van der Waals surface area contributed by atoms with Crippen LogP contribution in [0.5, 0.6) is 0 Å². The van der Waals surface area contributed by atoms with Gasteiger partial charge in [-0.05, 0) is 12.5 Å². The van der Waals surface area contributed by atoms with Crippen molar-refractivity contribution < 1.29 is 0 Å². The van der Waals surface area contributed by atoms with Crippen LogP contribution in [0.25, 0.3) is 5.57 Å². The number of benzene rings is 1. The Morgan fingerprint density at radius 1 is 1.36 bits per heavy atom. The highest BCUT2D eigenvalue weighted by Gasteiger charge is 1.94. The van der Waals surface area contributed by atoms with Crippen molar-refractivity contribution in [2.24, 2.45) is 0 Å². The molecule has 0 unspecified atom stereocenters.